The Morgan fingerprint density at radius 2 is 1.83 bits per heavy atom. The molecule has 2 aromatic carbocycles. The normalized spacial score (nSPS) is 19.2. The van der Waals surface area contributed by atoms with Crippen LogP contribution in [-0.4, -0.2) is 66.2 Å². The molecule has 1 atom stereocenters. The lowest BCUT2D eigenvalue weighted by Gasteiger charge is -2.35. The van der Waals surface area contributed by atoms with Gasteiger partial charge >= 0.3 is 0 Å². The van der Waals surface area contributed by atoms with Gasteiger partial charge < -0.3 is 15.0 Å². The van der Waals surface area contributed by atoms with Gasteiger partial charge in [-0.2, -0.15) is 0 Å². The van der Waals surface area contributed by atoms with Crippen molar-refractivity contribution < 1.29 is 14.3 Å². The Balaban J connectivity index is 1.21. The molecule has 0 radical (unpaired) electrons. The average Bonchev–Trinajstić information content (AvgIpc) is 2.76. The van der Waals surface area contributed by atoms with Crippen molar-refractivity contribution in [3.8, 4) is 5.75 Å². The SMILES string of the molecule is O=C1Nc2ccccc2S[C@@H]1CC(=O)N1CCN(CCOc2ccccc2Cl)CC1. The summed E-state index contributed by atoms with van der Waals surface area (Å²) in [7, 11) is 0. The quantitative estimate of drug-likeness (QED) is 0.738. The lowest BCUT2D eigenvalue weighted by atomic mass is 10.2. The van der Waals surface area contributed by atoms with Crippen LogP contribution in [0.15, 0.2) is 53.4 Å². The van der Waals surface area contributed by atoms with E-state index in [1.54, 1.807) is 0 Å². The number of amides is 2. The molecule has 30 heavy (non-hydrogen) atoms. The fourth-order valence-electron chi connectivity index (χ4n) is 3.58. The van der Waals surface area contributed by atoms with Gasteiger partial charge in [0.1, 0.15) is 12.4 Å². The lowest BCUT2D eigenvalue weighted by Crippen LogP contribution is -2.50. The average molecular weight is 446 g/mol. The fraction of sp³-hybridized carbons (Fsp3) is 0.364. The second-order valence-electron chi connectivity index (χ2n) is 7.30. The van der Waals surface area contributed by atoms with Crippen molar-refractivity contribution in [2.24, 2.45) is 0 Å². The van der Waals surface area contributed by atoms with E-state index in [0.717, 1.165) is 30.2 Å². The summed E-state index contributed by atoms with van der Waals surface area (Å²) in [5.41, 5.74) is 0.823. The van der Waals surface area contributed by atoms with E-state index in [-0.39, 0.29) is 23.5 Å². The predicted molar refractivity (Wildman–Crippen MR) is 119 cm³/mol. The monoisotopic (exact) mass is 445 g/mol. The third-order valence-electron chi connectivity index (χ3n) is 5.29. The molecule has 2 heterocycles. The van der Waals surface area contributed by atoms with Crippen LogP contribution in [0.25, 0.3) is 0 Å². The molecule has 0 saturated carbocycles. The standard InChI is InChI=1S/C22H24ClN3O3S/c23-16-5-1-3-7-18(16)29-14-13-25-9-11-26(12-10-25)21(27)15-20-22(28)24-17-6-2-4-8-19(17)30-20/h1-8,20H,9-15H2,(H,24,28)/t20-/m1/s1. The molecule has 2 aliphatic rings. The van der Waals surface area contributed by atoms with Crippen LogP contribution in [0.5, 0.6) is 5.75 Å². The van der Waals surface area contributed by atoms with Crippen LogP contribution in [0.2, 0.25) is 5.02 Å². The van der Waals surface area contributed by atoms with Crippen LogP contribution in [0.4, 0.5) is 5.69 Å². The molecule has 0 spiro atoms. The van der Waals surface area contributed by atoms with Crippen LogP contribution < -0.4 is 10.1 Å². The zero-order valence-electron chi connectivity index (χ0n) is 16.6. The van der Waals surface area contributed by atoms with E-state index < -0.39 is 0 Å². The highest BCUT2D eigenvalue weighted by atomic mass is 35.5. The van der Waals surface area contributed by atoms with Gasteiger partial charge in [0.2, 0.25) is 11.8 Å². The molecule has 0 aliphatic carbocycles. The van der Waals surface area contributed by atoms with Gasteiger partial charge in [-0.1, -0.05) is 35.9 Å². The third kappa shape index (κ3) is 5.09. The van der Waals surface area contributed by atoms with E-state index in [2.05, 4.69) is 10.2 Å². The van der Waals surface area contributed by atoms with Crippen molar-refractivity contribution in [2.45, 2.75) is 16.6 Å². The molecule has 6 nitrogen and oxygen atoms in total. The van der Waals surface area contributed by atoms with E-state index in [0.29, 0.717) is 30.5 Å². The number of fused-ring (bicyclic) bond motifs is 1. The van der Waals surface area contributed by atoms with E-state index in [1.165, 1.54) is 11.8 Å². The summed E-state index contributed by atoms with van der Waals surface area (Å²) in [6.45, 7) is 4.26. The maximum atomic E-state index is 12.7. The Bertz CT molecular complexity index is 918. The number of thioether (sulfide) groups is 1. The zero-order chi connectivity index (χ0) is 20.9. The number of hydrogen-bond acceptors (Lipinski definition) is 5. The Morgan fingerprint density at radius 1 is 1.10 bits per heavy atom. The number of hydrogen-bond donors (Lipinski definition) is 1. The fourth-order valence-corrected chi connectivity index (χ4v) is 4.87. The molecule has 4 rings (SSSR count). The highest BCUT2D eigenvalue weighted by Crippen LogP contribution is 2.36. The molecule has 1 saturated heterocycles. The van der Waals surface area contributed by atoms with Crippen molar-refractivity contribution in [1.29, 1.82) is 0 Å². The Morgan fingerprint density at radius 3 is 2.63 bits per heavy atom. The number of nitrogens with one attached hydrogen (secondary N) is 1. The third-order valence-corrected chi connectivity index (χ3v) is 6.88. The van der Waals surface area contributed by atoms with Gasteiger partial charge in [0.05, 0.1) is 16.0 Å². The first-order chi connectivity index (χ1) is 14.6. The number of para-hydroxylation sites is 2. The van der Waals surface area contributed by atoms with Crippen LogP contribution >= 0.6 is 23.4 Å². The van der Waals surface area contributed by atoms with Gasteiger partial charge in [0.15, 0.2) is 0 Å². The number of carbonyl (C=O) groups is 2. The number of rotatable bonds is 6. The molecule has 1 fully saturated rings. The van der Waals surface area contributed by atoms with E-state index in [4.69, 9.17) is 16.3 Å². The van der Waals surface area contributed by atoms with Crippen molar-refractivity contribution in [3.63, 3.8) is 0 Å². The number of piperazine rings is 1. The summed E-state index contributed by atoms with van der Waals surface area (Å²) in [4.78, 5) is 30.2. The van der Waals surface area contributed by atoms with Crippen molar-refractivity contribution in [2.75, 3.05) is 44.6 Å². The molecular formula is C22H24ClN3O3S. The van der Waals surface area contributed by atoms with E-state index in [1.807, 2.05) is 53.4 Å². The van der Waals surface area contributed by atoms with E-state index in [9.17, 15) is 9.59 Å². The highest BCUT2D eigenvalue weighted by molar-refractivity contribution is 8.01. The summed E-state index contributed by atoms with van der Waals surface area (Å²) >= 11 is 7.58. The summed E-state index contributed by atoms with van der Waals surface area (Å²) in [5.74, 6) is 0.634. The van der Waals surface area contributed by atoms with Gasteiger partial charge in [-0.15, -0.1) is 11.8 Å². The second kappa shape index (κ2) is 9.73. The molecular weight excluding hydrogens is 422 g/mol. The van der Waals surface area contributed by atoms with Gasteiger partial charge in [0.25, 0.3) is 0 Å². The number of halogens is 1. The predicted octanol–water partition coefficient (Wildman–Crippen LogP) is 3.37. The molecule has 2 amide bonds. The molecule has 2 aliphatic heterocycles. The number of benzene rings is 2. The molecule has 0 bridgehead atoms. The van der Waals surface area contributed by atoms with Gasteiger partial charge in [-0.3, -0.25) is 14.5 Å². The maximum absolute atomic E-state index is 12.7. The molecule has 2 aromatic rings. The Labute approximate surface area is 185 Å². The largest absolute Gasteiger partial charge is 0.491 e. The second-order valence-corrected chi connectivity index (χ2v) is 8.95. The van der Waals surface area contributed by atoms with Gasteiger partial charge in [0, 0.05) is 44.0 Å². The van der Waals surface area contributed by atoms with Crippen molar-refractivity contribution in [3.05, 3.63) is 53.6 Å². The molecule has 0 unspecified atom stereocenters. The minimum Gasteiger partial charge on any atom is -0.491 e. The molecule has 158 valence electrons. The summed E-state index contributed by atoms with van der Waals surface area (Å²) < 4.78 is 5.75. The summed E-state index contributed by atoms with van der Waals surface area (Å²) in [6, 6.07) is 15.1. The number of nitrogens with zero attached hydrogens (tertiary/aromatic N) is 2. The lowest BCUT2D eigenvalue weighted by molar-refractivity contribution is -0.134. The van der Waals surface area contributed by atoms with Crippen LogP contribution in [0, 0.1) is 0 Å². The minimum atomic E-state index is -0.380. The smallest absolute Gasteiger partial charge is 0.238 e. The van der Waals surface area contributed by atoms with Crippen LogP contribution in [0.3, 0.4) is 0 Å². The van der Waals surface area contributed by atoms with Crippen LogP contribution in [0.1, 0.15) is 6.42 Å². The number of ether oxygens (including phenoxy) is 1. The minimum absolute atomic E-state index is 0.0361. The molecule has 8 heteroatoms. The molecule has 1 N–H and O–H groups in total. The Kier molecular flexibility index (Phi) is 6.82. The number of carbonyl (C=O) groups excluding carboxylic acids is 2. The summed E-state index contributed by atoms with van der Waals surface area (Å²) in [5, 5.41) is 3.13. The van der Waals surface area contributed by atoms with Gasteiger partial charge in [-0.25, -0.2) is 0 Å². The van der Waals surface area contributed by atoms with Crippen molar-refractivity contribution >= 4 is 40.9 Å². The maximum Gasteiger partial charge on any atom is 0.238 e. The van der Waals surface area contributed by atoms with Crippen molar-refractivity contribution in [1.82, 2.24) is 9.80 Å². The first-order valence-corrected chi connectivity index (χ1v) is 11.3. The number of anilines is 1. The molecule has 0 aromatic heterocycles. The Hall–Kier alpha value is -2.22. The van der Waals surface area contributed by atoms with Gasteiger partial charge in [-0.05, 0) is 24.3 Å². The topological polar surface area (TPSA) is 61.9 Å². The zero-order valence-corrected chi connectivity index (χ0v) is 18.1. The van der Waals surface area contributed by atoms with Crippen LogP contribution in [-0.2, 0) is 9.59 Å². The first kappa shape index (κ1) is 21.0. The highest BCUT2D eigenvalue weighted by Gasteiger charge is 2.31. The van der Waals surface area contributed by atoms with E-state index >= 15 is 0 Å². The first-order valence-electron chi connectivity index (χ1n) is 10.0. The summed E-state index contributed by atoms with van der Waals surface area (Å²) in [6.07, 6.45) is 0.223.